The molecule has 1 aromatic rings. The van der Waals surface area contributed by atoms with Gasteiger partial charge in [0, 0.05) is 5.56 Å². The zero-order chi connectivity index (χ0) is 13.7. The number of benzene rings is 1. The lowest BCUT2D eigenvalue weighted by atomic mass is 10.1. The van der Waals surface area contributed by atoms with Crippen molar-refractivity contribution in [1.29, 1.82) is 0 Å². The molecule has 0 aliphatic carbocycles. The summed E-state index contributed by atoms with van der Waals surface area (Å²) in [6, 6.07) is 3.16. The number of halogens is 1. The third-order valence-corrected chi connectivity index (χ3v) is 2.39. The first-order valence-electron chi connectivity index (χ1n) is 5.28. The molecule has 0 spiro atoms. The first-order valence-corrected chi connectivity index (χ1v) is 5.28. The highest BCUT2D eigenvalue weighted by molar-refractivity contribution is 6.00. The maximum absolute atomic E-state index is 13.4. The van der Waals surface area contributed by atoms with Crippen molar-refractivity contribution in [3.8, 4) is 5.75 Å². The van der Waals surface area contributed by atoms with Gasteiger partial charge in [0.05, 0.1) is 19.7 Å². The number of methoxy groups -OCH3 is 1. The largest absolute Gasteiger partial charge is 0.494 e. The summed E-state index contributed by atoms with van der Waals surface area (Å²) in [5.41, 5.74) is 0.165. The number of ether oxygens (including phenoxy) is 1. The minimum Gasteiger partial charge on any atom is -0.494 e. The van der Waals surface area contributed by atoms with Crippen molar-refractivity contribution in [3.05, 3.63) is 29.6 Å². The Morgan fingerprint density at radius 2 is 2.17 bits per heavy atom. The van der Waals surface area contributed by atoms with Crippen LogP contribution in [0.25, 0.3) is 0 Å². The Morgan fingerprint density at radius 1 is 1.50 bits per heavy atom. The molecule has 18 heavy (non-hydrogen) atoms. The summed E-state index contributed by atoms with van der Waals surface area (Å²) in [5.74, 6) is -2.01. The van der Waals surface area contributed by atoms with Gasteiger partial charge in [0.25, 0.3) is 0 Å². The molecular formula is C12H14FNO4. The van der Waals surface area contributed by atoms with Crippen LogP contribution in [0.2, 0.25) is 0 Å². The van der Waals surface area contributed by atoms with Gasteiger partial charge in [0.1, 0.15) is 0 Å². The third-order valence-electron chi connectivity index (χ3n) is 2.39. The van der Waals surface area contributed by atoms with Crippen molar-refractivity contribution in [1.82, 2.24) is 5.32 Å². The number of carbonyl (C=O) groups is 2. The molecule has 0 heterocycles. The Kier molecular flexibility index (Phi) is 4.79. The topological polar surface area (TPSA) is 75.6 Å². The summed E-state index contributed by atoms with van der Waals surface area (Å²) in [6.07, 6.45) is 0. The number of carbonyl (C=O) groups excluding carboxylic acids is 1. The summed E-state index contributed by atoms with van der Waals surface area (Å²) in [6.45, 7) is 1.19. The van der Waals surface area contributed by atoms with Crippen LogP contribution in [0, 0.1) is 5.82 Å². The predicted molar refractivity (Wildman–Crippen MR) is 62.4 cm³/mol. The number of Topliss-reactive ketones (excluding diaryl/α,β-unsaturated/α-hetero) is 1. The average Bonchev–Trinajstić information content (AvgIpc) is 2.34. The molecular weight excluding hydrogens is 241 g/mol. The van der Waals surface area contributed by atoms with Gasteiger partial charge in [-0.1, -0.05) is 0 Å². The molecule has 0 fully saturated rings. The molecule has 2 N–H and O–H groups in total. The quantitative estimate of drug-likeness (QED) is 0.744. The van der Waals surface area contributed by atoms with Gasteiger partial charge >= 0.3 is 5.97 Å². The summed E-state index contributed by atoms with van der Waals surface area (Å²) < 4.78 is 18.1. The van der Waals surface area contributed by atoms with Crippen molar-refractivity contribution >= 4 is 11.8 Å². The van der Waals surface area contributed by atoms with E-state index in [1.54, 1.807) is 0 Å². The van der Waals surface area contributed by atoms with Gasteiger partial charge in [0.15, 0.2) is 17.3 Å². The predicted octanol–water partition coefficient (Wildman–Crippen LogP) is 1.08. The minimum absolute atomic E-state index is 0.0534. The number of hydrogen-bond acceptors (Lipinski definition) is 4. The van der Waals surface area contributed by atoms with Crippen molar-refractivity contribution in [2.75, 3.05) is 13.7 Å². The number of hydrogen-bond donors (Lipinski definition) is 2. The molecule has 1 atom stereocenters. The normalized spacial score (nSPS) is 11.9. The standard InChI is InChI=1S/C12H14FNO4/c1-7(14-6-11(15)16)12(17)8-3-4-10(18-2)9(13)5-8/h3-5,7,14H,6H2,1-2H3,(H,15,16). The highest BCUT2D eigenvalue weighted by atomic mass is 19.1. The van der Waals surface area contributed by atoms with E-state index in [9.17, 15) is 14.0 Å². The fourth-order valence-corrected chi connectivity index (χ4v) is 1.40. The summed E-state index contributed by atoms with van der Waals surface area (Å²) in [5, 5.41) is 11.0. The van der Waals surface area contributed by atoms with Crippen molar-refractivity contribution in [2.24, 2.45) is 0 Å². The zero-order valence-corrected chi connectivity index (χ0v) is 10.1. The van der Waals surface area contributed by atoms with E-state index in [0.717, 1.165) is 6.07 Å². The SMILES string of the molecule is COc1ccc(C(=O)C(C)NCC(=O)O)cc1F. The van der Waals surface area contributed by atoms with Crippen LogP contribution in [-0.4, -0.2) is 36.6 Å². The molecule has 1 aromatic carbocycles. The first-order chi connectivity index (χ1) is 8.45. The van der Waals surface area contributed by atoms with Gasteiger partial charge in [-0.15, -0.1) is 0 Å². The Bertz CT molecular complexity index is 461. The molecule has 0 aliphatic heterocycles. The van der Waals surface area contributed by atoms with E-state index in [0.29, 0.717) is 0 Å². The number of ketones is 1. The summed E-state index contributed by atoms with van der Waals surface area (Å²) in [4.78, 5) is 22.2. The molecule has 0 saturated carbocycles. The highest BCUT2D eigenvalue weighted by Crippen LogP contribution is 2.18. The number of rotatable bonds is 6. The maximum Gasteiger partial charge on any atom is 0.317 e. The minimum atomic E-state index is -1.06. The van der Waals surface area contributed by atoms with Crippen LogP contribution >= 0.6 is 0 Å². The Labute approximate surface area is 104 Å². The van der Waals surface area contributed by atoms with E-state index >= 15 is 0 Å². The monoisotopic (exact) mass is 255 g/mol. The third kappa shape index (κ3) is 3.53. The second-order valence-corrected chi connectivity index (χ2v) is 3.71. The summed E-state index contributed by atoms with van der Waals surface area (Å²) in [7, 11) is 1.33. The second kappa shape index (κ2) is 6.11. The van der Waals surface area contributed by atoms with E-state index in [1.165, 1.54) is 26.2 Å². The number of carboxylic acids is 1. The first kappa shape index (κ1) is 14.1. The fraction of sp³-hybridized carbons (Fsp3) is 0.333. The zero-order valence-electron chi connectivity index (χ0n) is 10.1. The fourth-order valence-electron chi connectivity index (χ4n) is 1.40. The van der Waals surface area contributed by atoms with E-state index in [1.807, 2.05) is 0 Å². The van der Waals surface area contributed by atoms with E-state index in [2.05, 4.69) is 5.32 Å². The smallest absolute Gasteiger partial charge is 0.317 e. The molecule has 0 saturated heterocycles. The van der Waals surface area contributed by atoms with Gasteiger partial charge < -0.3 is 9.84 Å². The van der Waals surface area contributed by atoms with Crippen LogP contribution < -0.4 is 10.1 Å². The van der Waals surface area contributed by atoms with Gasteiger partial charge in [-0.05, 0) is 25.1 Å². The van der Waals surface area contributed by atoms with Crippen LogP contribution in [0.1, 0.15) is 17.3 Å². The maximum atomic E-state index is 13.4. The van der Waals surface area contributed by atoms with Crippen LogP contribution in [0.4, 0.5) is 4.39 Å². The van der Waals surface area contributed by atoms with Crippen molar-refractivity contribution in [3.63, 3.8) is 0 Å². The number of aliphatic carboxylic acids is 1. The lowest BCUT2D eigenvalue weighted by molar-refractivity contribution is -0.136. The molecule has 6 heteroatoms. The average molecular weight is 255 g/mol. The molecule has 1 unspecified atom stereocenters. The van der Waals surface area contributed by atoms with Gasteiger partial charge in [-0.25, -0.2) is 4.39 Å². The van der Waals surface area contributed by atoms with E-state index in [4.69, 9.17) is 9.84 Å². The van der Waals surface area contributed by atoms with E-state index in [-0.39, 0.29) is 23.6 Å². The Hall–Kier alpha value is -1.95. The summed E-state index contributed by atoms with van der Waals surface area (Å²) >= 11 is 0. The van der Waals surface area contributed by atoms with Gasteiger partial charge in [-0.2, -0.15) is 0 Å². The molecule has 5 nitrogen and oxygen atoms in total. The Balaban J connectivity index is 2.77. The molecule has 0 bridgehead atoms. The van der Waals surface area contributed by atoms with Crippen LogP contribution in [0.3, 0.4) is 0 Å². The molecule has 1 rings (SSSR count). The number of nitrogens with one attached hydrogen (secondary N) is 1. The van der Waals surface area contributed by atoms with Crippen molar-refractivity contribution < 1.29 is 23.8 Å². The van der Waals surface area contributed by atoms with Gasteiger partial charge in [-0.3, -0.25) is 14.9 Å². The van der Waals surface area contributed by atoms with Crippen LogP contribution in [0.15, 0.2) is 18.2 Å². The molecule has 0 radical (unpaired) electrons. The van der Waals surface area contributed by atoms with Gasteiger partial charge in [0.2, 0.25) is 0 Å². The van der Waals surface area contributed by atoms with Crippen LogP contribution in [0.5, 0.6) is 5.75 Å². The highest BCUT2D eigenvalue weighted by Gasteiger charge is 2.17. The molecule has 0 amide bonds. The Morgan fingerprint density at radius 3 is 2.67 bits per heavy atom. The van der Waals surface area contributed by atoms with Crippen LogP contribution in [-0.2, 0) is 4.79 Å². The second-order valence-electron chi connectivity index (χ2n) is 3.71. The lowest BCUT2D eigenvalue weighted by Crippen LogP contribution is -2.37. The number of carboxylic acid groups (broad SMARTS) is 1. The molecule has 98 valence electrons. The van der Waals surface area contributed by atoms with E-state index < -0.39 is 17.8 Å². The lowest BCUT2D eigenvalue weighted by Gasteiger charge is -2.11. The van der Waals surface area contributed by atoms with Crippen molar-refractivity contribution in [2.45, 2.75) is 13.0 Å². The molecule has 0 aromatic heterocycles. The molecule has 0 aliphatic rings.